The number of ether oxygens (including phenoxy) is 2. The van der Waals surface area contributed by atoms with E-state index in [2.05, 4.69) is 11.2 Å². The summed E-state index contributed by atoms with van der Waals surface area (Å²) < 4.78 is 24.9. The molecule has 0 N–H and O–H groups in total. The van der Waals surface area contributed by atoms with E-state index in [1.54, 1.807) is 37.3 Å². The zero-order valence-corrected chi connectivity index (χ0v) is 14.7. The second-order valence-electron chi connectivity index (χ2n) is 5.53. The predicted molar refractivity (Wildman–Crippen MR) is 96.0 cm³/mol. The Balaban J connectivity index is 2.14. The fourth-order valence-corrected chi connectivity index (χ4v) is 2.52. The third kappa shape index (κ3) is 3.81. The fraction of sp³-hybridized carbons (Fsp3) is 0.100. The Morgan fingerprint density at radius 3 is 2.71 bits per heavy atom. The molecule has 1 heterocycles. The lowest BCUT2D eigenvalue weighted by Gasteiger charge is -2.08. The topological polar surface area (TPSA) is 101 Å². The van der Waals surface area contributed by atoms with Crippen molar-refractivity contribution in [2.45, 2.75) is 6.92 Å². The molecule has 0 aliphatic heterocycles. The number of benzene rings is 2. The van der Waals surface area contributed by atoms with Gasteiger partial charge in [-0.3, -0.25) is 0 Å². The Kier molecular flexibility index (Phi) is 5.33. The van der Waals surface area contributed by atoms with Gasteiger partial charge >= 0.3 is 6.16 Å². The van der Waals surface area contributed by atoms with Crippen LogP contribution in [0.5, 0.6) is 5.88 Å². The van der Waals surface area contributed by atoms with Crippen LogP contribution in [-0.4, -0.2) is 22.5 Å². The van der Waals surface area contributed by atoms with Crippen molar-refractivity contribution in [3.05, 3.63) is 65.5 Å². The van der Waals surface area contributed by atoms with Crippen molar-refractivity contribution >= 4 is 6.16 Å². The molecule has 7 nitrogen and oxygen atoms in total. The third-order valence-electron chi connectivity index (χ3n) is 3.74. The van der Waals surface area contributed by atoms with Crippen LogP contribution in [0.4, 0.5) is 9.18 Å². The Labute approximate surface area is 159 Å². The summed E-state index contributed by atoms with van der Waals surface area (Å²) in [7, 11) is 0. The minimum absolute atomic E-state index is 0.0429. The maximum atomic E-state index is 13.7. The molecule has 3 aromatic rings. The maximum Gasteiger partial charge on any atom is 0.515 e. The summed E-state index contributed by atoms with van der Waals surface area (Å²) in [5.74, 6) is -0.701. The molecule has 0 atom stereocenters. The van der Waals surface area contributed by atoms with Gasteiger partial charge < -0.3 is 9.47 Å². The van der Waals surface area contributed by atoms with Gasteiger partial charge in [-0.05, 0) is 37.3 Å². The molecule has 0 bridgehead atoms. The number of carbonyl (C=O) groups excluding carboxylic acids is 1. The summed E-state index contributed by atoms with van der Waals surface area (Å²) in [6.07, 6.45) is -0.915. The highest BCUT2D eigenvalue weighted by Gasteiger charge is 2.17. The van der Waals surface area contributed by atoms with E-state index in [-0.39, 0.29) is 18.1 Å². The lowest BCUT2D eigenvalue weighted by Crippen LogP contribution is -2.10. The molecule has 28 heavy (non-hydrogen) atoms. The van der Waals surface area contributed by atoms with E-state index in [1.165, 1.54) is 22.9 Å². The highest BCUT2D eigenvalue weighted by atomic mass is 19.1. The Morgan fingerprint density at radius 2 is 2.00 bits per heavy atom. The average Bonchev–Trinajstić information content (AvgIpc) is 3.12. The van der Waals surface area contributed by atoms with E-state index in [0.717, 1.165) is 6.07 Å². The summed E-state index contributed by atoms with van der Waals surface area (Å²) in [5.41, 5.74) is 1.75. The van der Waals surface area contributed by atoms with E-state index >= 15 is 0 Å². The molecule has 0 spiro atoms. The third-order valence-corrected chi connectivity index (χ3v) is 3.74. The Morgan fingerprint density at radius 1 is 1.18 bits per heavy atom. The van der Waals surface area contributed by atoms with Gasteiger partial charge in [0.05, 0.1) is 35.2 Å². The van der Waals surface area contributed by atoms with Crippen LogP contribution in [0.15, 0.2) is 48.5 Å². The molecule has 3 rings (SSSR count). The zero-order valence-electron chi connectivity index (χ0n) is 14.7. The summed E-state index contributed by atoms with van der Waals surface area (Å²) >= 11 is 0. The van der Waals surface area contributed by atoms with Crippen molar-refractivity contribution in [3.8, 4) is 35.0 Å². The fourth-order valence-electron chi connectivity index (χ4n) is 2.52. The van der Waals surface area contributed by atoms with Crippen molar-refractivity contribution in [3.63, 3.8) is 0 Å². The molecule has 0 aliphatic carbocycles. The van der Waals surface area contributed by atoms with Crippen LogP contribution >= 0.6 is 0 Å². The maximum absolute atomic E-state index is 13.7. The van der Waals surface area contributed by atoms with E-state index in [4.69, 9.17) is 20.0 Å². The second kappa shape index (κ2) is 8.02. The van der Waals surface area contributed by atoms with E-state index < -0.39 is 12.0 Å². The lowest BCUT2D eigenvalue weighted by molar-refractivity contribution is 0.102. The second-order valence-corrected chi connectivity index (χ2v) is 5.53. The summed E-state index contributed by atoms with van der Waals surface area (Å²) in [5, 5.41) is 22.4. The number of hydrogen-bond acceptors (Lipinski definition) is 6. The average molecular weight is 376 g/mol. The van der Waals surface area contributed by atoms with Crippen molar-refractivity contribution in [1.29, 1.82) is 10.5 Å². The van der Waals surface area contributed by atoms with Crippen molar-refractivity contribution in [2.24, 2.45) is 0 Å². The van der Waals surface area contributed by atoms with Gasteiger partial charge in [-0.15, -0.1) is 5.10 Å². The molecule has 0 unspecified atom stereocenters. The molecule has 0 radical (unpaired) electrons. The first-order valence-corrected chi connectivity index (χ1v) is 8.21. The van der Waals surface area contributed by atoms with Crippen LogP contribution in [0.2, 0.25) is 0 Å². The van der Waals surface area contributed by atoms with Gasteiger partial charge in [0.15, 0.2) is 0 Å². The molecule has 0 fully saturated rings. The Bertz CT molecular complexity index is 1130. The molecule has 138 valence electrons. The largest absolute Gasteiger partial charge is 0.515 e. The smallest absolute Gasteiger partial charge is 0.434 e. The van der Waals surface area contributed by atoms with Crippen LogP contribution in [0.1, 0.15) is 18.1 Å². The van der Waals surface area contributed by atoms with Crippen LogP contribution in [0, 0.1) is 28.5 Å². The van der Waals surface area contributed by atoms with Crippen molar-refractivity contribution in [1.82, 2.24) is 9.78 Å². The number of carbonyl (C=O) groups is 1. The number of hydrogen-bond donors (Lipinski definition) is 0. The molecule has 0 saturated carbocycles. The lowest BCUT2D eigenvalue weighted by atomic mass is 10.1. The first kappa shape index (κ1) is 18.6. The normalized spacial score (nSPS) is 10.0. The van der Waals surface area contributed by atoms with E-state index in [9.17, 15) is 9.18 Å². The summed E-state index contributed by atoms with van der Waals surface area (Å²) in [4.78, 5) is 11.6. The van der Waals surface area contributed by atoms with Gasteiger partial charge in [0.25, 0.3) is 0 Å². The highest BCUT2D eigenvalue weighted by molar-refractivity contribution is 5.68. The monoisotopic (exact) mass is 376 g/mol. The quantitative estimate of drug-likeness (QED) is 0.639. The number of nitrogens with zero attached hydrogens (tertiary/aromatic N) is 4. The molecule has 2 aromatic carbocycles. The first-order valence-electron chi connectivity index (χ1n) is 8.21. The minimum Gasteiger partial charge on any atom is -0.434 e. The Hall–Kier alpha value is -4.17. The van der Waals surface area contributed by atoms with Gasteiger partial charge in [-0.1, -0.05) is 12.1 Å². The number of nitriles is 2. The van der Waals surface area contributed by atoms with Crippen molar-refractivity contribution in [2.75, 3.05) is 6.61 Å². The molecule has 8 heteroatoms. The highest BCUT2D eigenvalue weighted by Crippen LogP contribution is 2.28. The molecule has 0 amide bonds. The molecule has 0 aliphatic rings. The zero-order chi connectivity index (χ0) is 20.1. The molecular formula is C20H13FN4O3. The number of halogens is 1. The molecule has 1 aromatic heterocycles. The van der Waals surface area contributed by atoms with Crippen LogP contribution in [0.3, 0.4) is 0 Å². The summed E-state index contributed by atoms with van der Waals surface area (Å²) in [6.45, 7) is 1.78. The predicted octanol–water partition coefficient (Wildman–Crippen LogP) is 3.96. The first-order chi connectivity index (χ1) is 13.5. The van der Waals surface area contributed by atoms with Gasteiger partial charge in [-0.2, -0.15) is 10.5 Å². The van der Waals surface area contributed by atoms with E-state index in [1.807, 2.05) is 0 Å². The molecular weight excluding hydrogens is 363 g/mol. The SMILES string of the molecule is CCOC(=O)Oc1cc(-c2cccc(C#N)c2)n(-c2ccc(F)c(C#N)c2)n1. The van der Waals surface area contributed by atoms with Gasteiger partial charge in [0.2, 0.25) is 5.88 Å². The number of aromatic nitrogens is 2. The summed E-state index contributed by atoms with van der Waals surface area (Å²) in [6, 6.07) is 16.0. The van der Waals surface area contributed by atoms with Crippen LogP contribution < -0.4 is 4.74 Å². The van der Waals surface area contributed by atoms with Crippen molar-refractivity contribution < 1.29 is 18.7 Å². The van der Waals surface area contributed by atoms with Gasteiger partial charge in [-0.25, -0.2) is 13.9 Å². The van der Waals surface area contributed by atoms with Gasteiger partial charge in [0.1, 0.15) is 11.9 Å². The van der Waals surface area contributed by atoms with Crippen LogP contribution in [0.25, 0.3) is 16.9 Å². The standard InChI is InChI=1S/C20H13FN4O3/c1-2-27-20(26)28-19-10-18(14-5-3-4-13(8-14)11-22)25(24-19)16-6-7-17(21)15(9-16)12-23/h3-10H,2H2,1H3. The van der Waals surface area contributed by atoms with Gasteiger partial charge in [0, 0.05) is 11.6 Å². The van der Waals surface area contributed by atoms with Crippen LogP contribution in [-0.2, 0) is 4.74 Å². The minimum atomic E-state index is -0.915. The van der Waals surface area contributed by atoms with E-state index in [0.29, 0.717) is 22.5 Å². The molecule has 0 saturated heterocycles. The number of rotatable bonds is 4.